The van der Waals surface area contributed by atoms with Gasteiger partial charge in [0.05, 0.1) is 13.7 Å². The number of methoxy groups -OCH3 is 1. The highest BCUT2D eigenvalue weighted by Gasteiger charge is 2.28. The van der Waals surface area contributed by atoms with E-state index < -0.39 is 0 Å². The third-order valence-electron chi connectivity index (χ3n) is 5.81. The van der Waals surface area contributed by atoms with Crippen LogP contribution in [-0.2, 0) is 4.74 Å². The van der Waals surface area contributed by atoms with Crippen LogP contribution < -0.4 is 4.74 Å². The van der Waals surface area contributed by atoms with E-state index in [9.17, 15) is 4.79 Å². The summed E-state index contributed by atoms with van der Waals surface area (Å²) in [7, 11) is 1.67. The predicted molar refractivity (Wildman–Crippen MR) is 154 cm³/mol. The topological polar surface area (TPSA) is 42.0 Å². The number of piperazine rings is 1. The molecule has 0 aromatic heterocycles. The number of benzene rings is 3. The number of amides is 1. The Balaban J connectivity index is 0.000000375. The van der Waals surface area contributed by atoms with Crippen molar-refractivity contribution in [3.63, 3.8) is 0 Å². The lowest BCUT2D eigenvalue weighted by atomic mass is 10.0. The van der Waals surface area contributed by atoms with Crippen LogP contribution in [0.25, 0.3) is 0 Å². The number of halogens is 2. The fraction of sp³-hybridized carbons (Fsp3) is 0.258. The van der Waals surface area contributed by atoms with E-state index in [0.29, 0.717) is 42.8 Å². The molecule has 1 fully saturated rings. The smallest absolute Gasteiger partial charge is 0.409 e. The summed E-state index contributed by atoms with van der Waals surface area (Å²) in [4.78, 5) is 16.0. The Hall–Kier alpha value is -3.61. The van der Waals surface area contributed by atoms with Gasteiger partial charge in [-0.3, -0.25) is 4.90 Å². The van der Waals surface area contributed by atoms with Crippen LogP contribution in [0.15, 0.2) is 72.8 Å². The van der Waals surface area contributed by atoms with E-state index >= 15 is 0 Å². The maximum Gasteiger partial charge on any atom is 0.409 e. The van der Waals surface area contributed by atoms with Gasteiger partial charge in [-0.1, -0.05) is 71.3 Å². The lowest BCUT2D eigenvalue weighted by Crippen LogP contribution is -2.49. The molecule has 196 valence electrons. The molecule has 0 saturated carbocycles. The van der Waals surface area contributed by atoms with Crippen LogP contribution in [0, 0.1) is 24.2 Å². The molecule has 1 unspecified atom stereocenters. The number of ether oxygens (including phenoxy) is 2. The minimum absolute atomic E-state index is 0.158. The highest BCUT2D eigenvalue weighted by molar-refractivity contribution is 6.30. The molecule has 1 aliphatic rings. The maximum absolute atomic E-state index is 12.0. The first-order valence-corrected chi connectivity index (χ1v) is 13.0. The fourth-order valence-corrected chi connectivity index (χ4v) is 4.31. The molecule has 3 aromatic carbocycles. The molecule has 3 aromatic rings. The average molecular weight is 549 g/mol. The zero-order chi connectivity index (χ0) is 27.3. The van der Waals surface area contributed by atoms with E-state index in [1.807, 2.05) is 67.6 Å². The molecular formula is C31H30Cl2N2O3. The second-order valence-electron chi connectivity index (χ2n) is 8.30. The van der Waals surface area contributed by atoms with Crippen LogP contribution in [0.2, 0.25) is 10.0 Å². The summed E-state index contributed by atoms with van der Waals surface area (Å²) < 4.78 is 10.7. The van der Waals surface area contributed by atoms with Gasteiger partial charge in [-0.25, -0.2) is 4.79 Å². The summed E-state index contributed by atoms with van der Waals surface area (Å²) in [5.74, 6) is 9.93. The SMILES string of the molecule is C#Cc1cccc(Cl)c1.CCOC(=O)N1CCN(C(C#Cc2cccc(Cl)c2)c2ccccc2OC)CC1. The molecule has 1 saturated heterocycles. The monoisotopic (exact) mass is 548 g/mol. The summed E-state index contributed by atoms with van der Waals surface area (Å²) in [5, 5.41) is 1.35. The normalized spacial score (nSPS) is 13.6. The number of hydrogen-bond acceptors (Lipinski definition) is 4. The predicted octanol–water partition coefficient (Wildman–Crippen LogP) is 6.54. The fourth-order valence-electron chi connectivity index (χ4n) is 3.93. The maximum atomic E-state index is 12.0. The zero-order valence-electron chi connectivity index (χ0n) is 21.5. The van der Waals surface area contributed by atoms with Gasteiger partial charge in [0, 0.05) is 52.9 Å². The number of carbonyl (C=O) groups is 1. The molecule has 0 bridgehead atoms. The van der Waals surface area contributed by atoms with Gasteiger partial charge in [-0.2, -0.15) is 0 Å². The molecule has 1 heterocycles. The summed E-state index contributed by atoms with van der Waals surface area (Å²) >= 11 is 11.7. The largest absolute Gasteiger partial charge is 0.496 e. The van der Waals surface area contributed by atoms with Crippen molar-refractivity contribution in [3.8, 4) is 29.9 Å². The van der Waals surface area contributed by atoms with Crippen molar-refractivity contribution < 1.29 is 14.3 Å². The Morgan fingerprint density at radius 3 is 2.16 bits per heavy atom. The number of rotatable bonds is 4. The number of terminal acetylenes is 1. The molecule has 0 N–H and O–H groups in total. The average Bonchev–Trinajstić information content (AvgIpc) is 2.94. The van der Waals surface area contributed by atoms with E-state index in [1.54, 1.807) is 24.1 Å². The highest BCUT2D eigenvalue weighted by atomic mass is 35.5. The van der Waals surface area contributed by atoms with Crippen LogP contribution in [0.1, 0.15) is 29.7 Å². The minimum Gasteiger partial charge on any atom is -0.496 e. The number of hydrogen-bond donors (Lipinski definition) is 0. The van der Waals surface area contributed by atoms with Gasteiger partial charge in [-0.05, 0) is 49.4 Å². The van der Waals surface area contributed by atoms with E-state index in [1.165, 1.54) is 0 Å². The third-order valence-corrected chi connectivity index (χ3v) is 6.28. The molecule has 1 amide bonds. The van der Waals surface area contributed by atoms with Crippen LogP contribution >= 0.6 is 23.2 Å². The molecule has 4 rings (SSSR count). The van der Waals surface area contributed by atoms with Crippen LogP contribution in [0.3, 0.4) is 0 Å². The number of nitrogens with zero attached hydrogens (tertiary/aromatic N) is 2. The second-order valence-corrected chi connectivity index (χ2v) is 9.17. The molecule has 0 spiro atoms. The first kappa shape index (κ1) is 29.0. The van der Waals surface area contributed by atoms with Crippen LogP contribution in [0.5, 0.6) is 5.75 Å². The van der Waals surface area contributed by atoms with E-state index in [-0.39, 0.29) is 12.1 Å². The molecule has 1 aliphatic heterocycles. The van der Waals surface area contributed by atoms with Gasteiger partial charge >= 0.3 is 6.09 Å². The van der Waals surface area contributed by atoms with Gasteiger partial charge < -0.3 is 14.4 Å². The summed E-state index contributed by atoms with van der Waals surface area (Å²) in [6, 6.07) is 22.5. The Kier molecular flexibility index (Phi) is 11.4. The van der Waals surface area contributed by atoms with Crippen molar-refractivity contribution in [1.29, 1.82) is 0 Å². The second kappa shape index (κ2) is 15.0. The molecule has 5 nitrogen and oxygen atoms in total. The molecular weight excluding hydrogens is 519 g/mol. The highest BCUT2D eigenvalue weighted by Crippen LogP contribution is 2.30. The lowest BCUT2D eigenvalue weighted by Gasteiger charge is -2.37. The van der Waals surface area contributed by atoms with Crippen molar-refractivity contribution in [2.45, 2.75) is 13.0 Å². The van der Waals surface area contributed by atoms with E-state index in [0.717, 1.165) is 22.4 Å². The van der Waals surface area contributed by atoms with Gasteiger partial charge in [0.15, 0.2) is 0 Å². The van der Waals surface area contributed by atoms with Crippen molar-refractivity contribution in [3.05, 3.63) is 99.5 Å². The van der Waals surface area contributed by atoms with Gasteiger partial charge in [0.25, 0.3) is 0 Å². The zero-order valence-corrected chi connectivity index (χ0v) is 23.0. The van der Waals surface area contributed by atoms with E-state index in [2.05, 4.69) is 22.7 Å². The first-order valence-electron chi connectivity index (χ1n) is 12.2. The van der Waals surface area contributed by atoms with Crippen molar-refractivity contribution in [1.82, 2.24) is 9.80 Å². The third kappa shape index (κ3) is 8.47. The van der Waals surface area contributed by atoms with Crippen molar-refractivity contribution in [2.24, 2.45) is 0 Å². The Morgan fingerprint density at radius 1 is 0.947 bits per heavy atom. The molecule has 38 heavy (non-hydrogen) atoms. The van der Waals surface area contributed by atoms with Crippen molar-refractivity contribution in [2.75, 3.05) is 39.9 Å². The van der Waals surface area contributed by atoms with Crippen molar-refractivity contribution >= 4 is 29.3 Å². The van der Waals surface area contributed by atoms with Gasteiger partial charge in [0.1, 0.15) is 11.8 Å². The standard InChI is InChI=1S/C23H25ClN2O3.C8H5Cl/c1-3-29-23(27)26-15-13-25(14-16-26)21(20-9-4-5-10-22(20)28-2)12-11-18-7-6-8-19(24)17-18;1-2-7-4-3-5-8(9)6-7/h4-10,17,21H,3,13-16H2,1-2H3;1,3-6H. The quantitative estimate of drug-likeness (QED) is 0.347. The molecule has 7 heteroatoms. The van der Waals surface area contributed by atoms with Gasteiger partial charge in [-0.15, -0.1) is 6.42 Å². The lowest BCUT2D eigenvalue weighted by molar-refractivity contribution is 0.0732. The summed E-state index contributed by atoms with van der Waals surface area (Å²) in [5.41, 5.74) is 2.69. The van der Waals surface area contributed by atoms with Crippen LogP contribution in [0.4, 0.5) is 4.79 Å². The number of para-hydroxylation sites is 1. The summed E-state index contributed by atoms with van der Waals surface area (Å²) in [6.45, 7) is 4.80. The summed E-state index contributed by atoms with van der Waals surface area (Å²) in [6.07, 6.45) is 4.85. The Labute approximate surface area is 235 Å². The minimum atomic E-state index is -0.258. The number of carbonyl (C=O) groups excluding carboxylic acids is 1. The Morgan fingerprint density at radius 2 is 1.58 bits per heavy atom. The Bertz CT molecular complexity index is 1320. The van der Waals surface area contributed by atoms with Crippen LogP contribution in [-0.4, -0.2) is 55.8 Å². The van der Waals surface area contributed by atoms with E-state index in [4.69, 9.17) is 39.1 Å². The first-order chi connectivity index (χ1) is 18.4. The molecule has 0 aliphatic carbocycles. The van der Waals surface area contributed by atoms with Gasteiger partial charge in [0.2, 0.25) is 0 Å². The molecule has 1 atom stereocenters. The molecule has 0 radical (unpaired) electrons.